The van der Waals surface area contributed by atoms with Gasteiger partial charge in [0.1, 0.15) is 0 Å². The molecule has 4 nitrogen and oxygen atoms in total. The first-order valence-corrected chi connectivity index (χ1v) is 10.2. The van der Waals surface area contributed by atoms with Gasteiger partial charge in [-0.3, -0.25) is 4.79 Å². The van der Waals surface area contributed by atoms with Crippen molar-refractivity contribution < 1.29 is 14.5 Å². The van der Waals surface area contributed by atoms with Crippen LogP contribution in [0.2, 0.25) is 0 Å². The molecule has 0 spiro atoms. The van der Waals surface area contributed by atoms with Crippen molar-refractivity contribution in [3.63, 3.8) is 0 Å². The topological polar surface area (TPSA) is 72.4 Å². The number of aliphatic carboxylic acids is 1. The number of hydrogen-bond donors (Lipinski definition) is 2. The molecule has 0 radical (unpaired) electrons. The average Bonchev–Trinajstić information content (AvgIpc) is 3.11. The van der Waals surface area contributed by atoms with E-state index in [0.717, 1.165) is 21.6 Å². The van der Waals surface area contributed by atoms with Gasteiger partial charge in [-0.2, -0.15) is 0 Å². The molecular weight excluding hydrogens is 366 g/mol. The highest BCUT2D eigenvalue weighted by atomic mass is 32.2. The maximum absolute atomic E-state index is 12.7. The normalized spacial score (nSPS) is 13.3. The Labute approximate surface area is 159 Å². The van der Waals surface area contributed by atoms with E-state index in [-0.39, 0.29) is 6.42 Å². The molecule has 0 bridgehead atoms. The van der Waals surface area contributed by atoms with Crippen LogP contribution < -0.4 is 4.72 Å². The predicted molar refractivity (Wildman–Crippen MR) is 105 cm³/mol. The molecule has 0 saturated carbocycles. The number of hydrogen-bond acceptors (Lipinski definition) is 4. The number of carbonyl (C=O) groups is 1. The third kappa shape index (κ3) is 4.74. The lowest BCUT2D eigenvalue weighted by atomic mass is 10.1. The van der Waals surface area contributed by atoms with E-state index in [1.54, 1.807) is 6.07 Å². The molecule has 3 aromatic rings. The summed E-state index contributed by atoms with van der Waals surface area (Å²) in [5.74, 6) is -0.932. The van der Waals surface area contributed by atoms with Gasteiger partial charge in [-0.25, -0.2) is 0 Å². The van der Waals surface area contributed by atoms with E-state index in [1.165, 1.54) is 11.3 Å². The highest BCUT2D eigenvalue weighted by molar-refractivity contribution is 7.89. The van der Waals surface area contributed by atoms with E-state index >= 15 is 0 Å². The van der Waals surface area contributed by atoms with Crippen LogP contribution in [0.4, 0.5) is 0 Å². The number of rotatable bonds is 7. The number of thiophene rings is 1. The highest BCUT2D eigenvalue weighted by Crippen LogP contribution is 2.31. The molecule has 2 atom stereocenters. The SMILES string of the molecule is Cc1cccc([S@@+]([O-])NC(CC(=O)O)c2cc(-c3ccccc3)cs2)c1. The summed E-state index contributed by atoms with van der Waals surface area (Å²) in [6.07, 6.45) is -0.133. The van der Waals surface area contributed by atoms with E-state index in [1.807, 2.05) is 66.9 Å². The van der Waals surface area contributed by atoms with Crippen molar-refractivity contribution in [3.05, 3.63) is 76.5 Å². The molecule has 1 unspecified atom stereocenters. The number of carboxylic acids is 1. The first-order valence-electron chi connectivity index (χ1n) is 8.13. The molecule has 0 saturated heterocycles. The Morgan fingerprint density at radius 1 is 1.15 bits per heavy atom. The second-order valence-electron chi connectivity index (χ2n) is 5.96. The zero-order valence-electron chi connectivity index (χ0n) is 14.2. The first-order chi connectivity index (χ1) is 12.5. The zero-order valence-corrected chi connectivity index (χ0v) is 15.8. The van der Waals surface area contributed by atoms with Gasteiger partial charge in [0.25, 0.3) is 0 Å². The van der Waals surface area contributed by atoms with E-state index < -0.39 is 23.4 Å². The van der Waals surface area contributed by atoms with Gasteiger partial charge in [-0.05, 0) is 47.2 Å². The summed E-state index contributed by atoms with van der Waals surface area (Å²) in [6.45, 7) is 1.93. The number of aryl methyl sites for hydroxylation is 1. The third-order valence-electron chi connectivity index (χ3n) is 3.90. The van der Waals surface area contributed by atoms with Crippen LogP contribution in [0.5, 0.6) is 0 Å². The van der Waals surface area contributed by atoms with Crippen molar-refractivity contribution in [3.8, 4) is 11.1 Å². The minimum absolute atomic E-state index is 0.133. The second-order valence-corrected chi connectivity index (χ2v) is 8.14. The average molecular weight is 386 g/mol. The Bertz CT molecular complexity index is 880. The van der Waals surface area contributed by atoms with Crippen LogP contribution in [0.25, 0.3) is 11.1 Å². The Morgan fingerprint density at radius 3 is 2.62 bits per heavy atom. The van der Waals surface area contributed by atoms with Gasteiger partial charge < -0.3 is 9.66 Å². The molecule has 0 aliphatic heterocycles. The standard InChI is InChI=1S/C20H19NO3S2/c1-14-6-5-9-17(10-14)26(24)21-18(12-20(22)23)19-11-16(13-25-19)15-7-3-2-4-8-15/h2-11,13,18,21H,12H2,1H3,(H,22,23)/t18?,26-/m1/s1. The molecule has 0 amide bonds. The lowest BCUT2D eigenvalue weighted by Crippen LogP contribution is -2.29. The molecule has 2 N–H and O–H groups in total. The molecular formula is C20H19NO3S2. The minimum atomic E-state index is -1.48. The Balaban J connectivity index is 1.82. The van der Waals surface area contributed by atoms with Crippen LogP contribution >= 0.6 is 11.3 Å². The van der Waals surface area contributed by atoms with Crippen LogP contribution in [0.15, 0.2) is 70.9 Å². The van der Waals surface area contributed by atoms with E-state index in [2.05, 4.69) is 4.72 Å². The fourth-order valence-electron chi connectivity index (χ4n) is 2.62. The number of benzene rings is 2. The molecule has 2 aromatic carbocycles. The maximum Gasteiger partial charge on any atom is 0.305 e. The van der Waals surface area contributed by atoms with E-state index in [9.17, 15) is 14.5 Å². The summed E-state index contributed by atoms with van der Waals surface area (Å²) in [6, 6.07) is 18.7. The second kappa shape index (κ2) is 8.51. The summed E-state index contributed by atoms with van der Waals surface area (Å²) >= 11 is -0.00804. The van der Waals surface area contributed by atoms with Gasteiger partial charge in [-0.1, -0.05) is 42.5 Å². The molecule has 0 fully saturated rings. The minimum Gasteiger partial charge on any atom is -0.593 e. The maximum atomic E-state index is 12.7. The molecule has 0 aliphatic carbocycles. The van der Waals surface area contributed by atoms with E-state index in [4.69, 9.17) is 0 Å². The van der Waals surface area contributed by atoms with Gasteiger partial charge in [0.05, 0.1) is 23.8 Å². The van der Waals surface area contributed by atoms with Gasteiger partial charge in [0, 0.05) is 4.88 Å². The quantitative estimate of drug-likeness (QED) is 0.585. The van der Waals surface area contributed by atoms with Crippen LogP contribution in [0.3, 0.4) is 0 Å². The largest absolute Gasteiger partial charge is 0.593 e. The molecule has 26 heavy (non-hydrogen) atoms. The molecule has 3 rings (SSSR count). The Hall–Kier alpha value is -2.12. The highest BCUT2D eigenvalue weighted by Gasteiger charge is 2.24. The zero-order chi connectivity index (χ0) is 18.5. The third-order valence-corrected chi connectivity index (χ3v) is 6.13. The van der Waals surface area contributed by atoms with Crippen LogP contribution in [0, 0.1) is 6.92 Å². The lowest BCUT2D eigenvalue weighted by Gasteiger charge is -2.18. The summed E-state index contributed by atoms with van der Waals surface area (Å²) < 4.78 is 15.6. The predicted octanol–water partition coefficient (Wildman–Crippen LogP) is 4.55. The summed E-state index contributed by atoms with van der Waals surface area (Å²) in [7, 11) is 0. The van der Waals surface area contributed by atoms with Gasteiger partial charge >= 0.3 is 5.97 Å². The summed E-state index contributed by atoms with van der Waals surface area (Å²) in [4.78, 5) is 12.8. The number of nitrogens with one attached hydrogen (secondary N) is 1. The van der Waals surface area contributed by atoms with Gasteiger partial charge in [0.15, 0.2) is 4.90 Å². The van der Waals surface area contributed by atoms with Crippen molar-refractivity contribution >= 4 is 28.7 Å². The molecule has 134 valence electrons. The lowest BCUT2D eigenvalue weighted by molar-refractivity contribution is -0.137. The molecule has 1 aromatic heterocycles. The first kappa shape index (κ1) is 18.7. The van der Waals surface area contributed by atoms with Crippen molar-refractivity contribution in [2.75, 3.05) is 0 Å². The monoisotopic (exact) mass is 385 g/mol. The van der Waals surface area contributed by atoms with Crippen LogP contribution in [-0.2, 0) is 16.2 Å². The molecule has 0 aliphatic rings. The van der Waals surface area contributed by atoms with Crippen LogP contribution in [-0.4, -0.2) is 15.6 Å². The smallest absolute Gasteiger partial charge is 0.305 e. The fourth-order valence-corrected chi connectivity index (χ4v) is 4.76. The molecule has 6 heteroatoms. The van der Waals surface area contributed by atoms with Crippen molar-refractivity contribution in [2.45, 2.75) is 24.3 Å². The summed E-state index contributed by atoms with van der Waals surface area (Å²) in [5.41, 5.74) is 3.11. The Kier molecular flexibility index (Phi) is 6.11. The van der Waals surface area contributed by atoms with Crippen molar-refractivity contribution in [1.29, 1.82) is 0 Å². The van der Waals surface area contributed by atoms with Crippen molar-refractivity contribution in [2.24, 2.45) is 0 Å². The van der Waals surface area contributed by atoms with Crippen molar-refractivity contribution in [1.82, 2.24) is 4.72 Å². The van der Waals surface area contributed by atoms with Crippen LogP contribution in [0.1, 0.15) is 22.9 Å². The fraction of sp³-hybridized carbons (Fsp3) is 0.150. The Morgan fingerprint density at radius 2 is 1.92 bits per heavy atom. The van der Waals surface area contributed by atoms with E-state index in [0.29, 0.717) is 4.90 Å². The molecule has 1 heterocycles. The summed E-state index contributed by atoms with van der Waals surface area (Å²) in [5, 5.41) is 11.3. The van der Waals surface area contributed by atoms with Gasteiger partial charge in [0.2, 0.25) is 0 Å². The van der Waals surface area contributed by atoms with Gasteiger partial charge in [-0.15, -0.1) is 16.1 Å². The number of carboxylic acid groups (broad SMARTS) is 1.